The van der Waals surface area contributed by atoms with Crippen molar-refractivity contribution in [3.8, 4) is 0 Å². The molecule has 2 aliphatic heterocycles. The molecule has 0 saturated carbocycles. The Morgan fingerprint density at radius 3 is 2.29 bits per heavy atom. The molecule has 3 amide bonds. The van der Waals surface area contributed by atoms with E-state index in [0.717, 1.165) is 4.90 Å². The van der Waals surface area contributed by atoms with Gasteiger partial charge in [-0.2, -0.15) is 11.8 Å². The fraction of sp³-hybridized carbons (Fsp3) is 0.471. The number of carbonyl (C=O) groups is 3. The molecule has 0 radical (unpaired) electrons. The van der Waals surface area contributed by atoms with Crippen molar-refractivity contribution in [1.82, 2.24) is 9.80 Å². The van der Waals surface area contributed by atoms with Crippen molar-refractivity contribution < 1.29 is 19.1 Å². The zero-order chi connectivity index (χ0) is 17.1. The van der Waals surface area contributed by atoms with Crippen LogP contribution in [-0.4, -0.2) is 71.9 Å². The van der Waals surface area contributed by atoms with Crippen LogP contribution < -0.4 is 0 Å². The molecule has 128 valence electrons. The lowest BCUT2D eigenvalue weighted by Gasteiger charge is -2.33. The highest BCUT2D eigenvalue weighted by molar-refractivity contribution is 7.98. The number of hydrogen-bond acceptors (Lipinski definition) is 5. The van der Waals surface area contributed by atoms with Crippen LogP contribution in [0.3, 0.4) is 0 Å². The Hall–Kier alpha value is -1.86. The highest BCUT2D eigenvalue weighted by Crippen LogP contribution is 2.27. The Morgan fingerprint density at radius 2 is 1.75 bits per heavy atom. The summed E-state index contributed by atoms with van der Waals surface area (Å²) >= 11 is 1.59. The Balaban J connectivity index is 1.87. The van der Waals surface area contributed by atoms with Crippen LogP contribution in [0.15, 0.2) is 24.3 Å². The fourth-order valence-corrected chi connectivity index (χ4v) is 3.54. The SMILES string of the molecule is CSCCC(C(=O)N1CCOCC1)N1C(=O)c2ccccc2C1=O. The minimum Gasteiger partial charge on any atom is -0.378 e. The van der Waals surface area contributed by atoms with Gasteiger partial charge in [0, 0.05) is 13.1 Å². The lowest BCUT2D eigenvalue weighted by molar-refractivity contribution is -0.139. The molecule has 1 aromatic carbocycles. The van der Waals surface area contributed by atoms with E-state index in [-0.39, 0.29) is 17.7 Å². The quantitative estimate of drug-likeness (QED) is 0.750. The van der Waals surface area contributed by atoms with Gasteiger partial charge >= 0.3 is 0 Å². The molecule has 1 saturated heterocycles. The number of benzene rings is 1. The van der Waals surface area contributed by atoms with E-state index in [2.05, 4.69) is 0 Å². The number of amides is 3. The molecular weight excluding hydrogens is 328 g/mol. The second kappa shape index (κ2) is 7.36. The Labute approximate surface area is 145 Å². The summed E-state index contributed by atoms with van der Waals surface area (Å²) in [6.07, 6.45) is 2.40. The van der Waals surface area contributed by atoms with Crippen LogP contribution in [-0.2, 0) is 9.53 Å². The van der Waals surface area contributed by atoms with Crippen LogP contribution in [0.25, 0.3) is 0 Å². The molecule has 0 aliphatic carbocycles. The number of ether oxygens (including phenoxy) is 1. The summed E-state index contributed by atoms with van der Waals surface area (Å²) in [5.74, 6) is -0.206. The van der Waals surface area contributed by atoms with Gasteiger partial charge in [-0.15, -0.1) is 0 Å². The predicted octanol–water partition coefficient (Wildman–Crippen LogP) is 1.26. The van der Waals surface area contributed by atoms with E-state index in [1.54, 1.807) is 40.9 Å². The molecule has 6 nitrogen and oxygen atoms in total. The summed E-state index contributed by atoms with van der Waals surface area (Å²) in [5, 5.41) is 0. The molecular formula is C17H20N2O4S. The number of imide groups is 1. The van der Waals surface area contributed by atoms with Crippen molar-refractivity contribution in [3.63, 3.8) is 0 Å². The molecule has 1 fully saturated rings. The maximum absolute atomic E-state index is 12.9. The van der Waals surface area contributed by atoms with Crippen molar-refractivity contribution in [2.24, 2.45) is 0 Å². The van der Waals surface area contributed by atoms with Gasteiger partial charge in [-0.25, -0.2) is 0 Å². The topological polar surface area (TPSA) is 66.9 Å². The molecule has 0 bridgehead atoms. The fourth-order valence-electron chi connectivity index (χ4n) is 3.08. The van der Waals surface area contributed by atoms with E-state index >= 15 is 0 Å². The third kappa shape index (κ3) is 3.06. The maximum atomic E-state index is 12.9. The molecule has 1 atom stereocenters. The number of fused-ring (bicyclic) bond motifs is 1. The predicted molar refractivity (Wildman–Crippen MR) is 91.1 cm³/mol. The number of morpholine rings is 1. The molecule has 0 aromatic heterocycles. The zero-order valence-electron chi connectivity index (χ0n) is 13.6. The number of thioether (sulfide) groups is 1. The first-order chi connectivity index (χ1) is 11.6. The summed E-state index contributed by atoms with van der Waals surface area (Å²) in [5.41, 5.74) is 0.762. The van der Waals surface area contributed by atoms with Gasteiger partial charge in [0.2, 0.25) is 5.91 Å². The third-order valence-corrected chi connectivity index (χ3v) is 4.98. The minimum absolute atomic E-state index is 0.165. The van der Waals surface area contributed by atoms with E-state index < -0.39 is 6.04 Å². The number of rotatable bonds is 5. The molecule has 3 rings (SSSR count). The summed E-state index contributed by atoms with van der Waals surface area (Å²) < 4.78 is 5.28. The van der Waals surface area contributed by atoms with Crippen LogP contribution in [0.2, 0.25) is 0 Å². The number of nitrogens with zero attached hydrogens (tertiary/aromatic N) is 2. The van der Waals surface area contributed by atoms with E-state index in [0.29, 0.717) is 49.6 Å². The average molecular weight is 348 g/mol. The molecule has 24 heavy (non-hydrogen) atoms. The Morgan fingerprint density at radius 1 is 1.17 bits per heavy atom. The van der Waals surface area contributed by atoms with Gasteiger partial charge in [0.05, 0.1) is 24.3 Å². The molecule has 0 N–H and O–H groups in total. The van der Waals surface area contributed by atoms with Crippen molar-refractivity contribution in [3.05, 3.63) is 35.4 Å². The van der Waals surface area contributed by atoms with Gasteiger partial charge in [-0.1, -0.05) is 12.1 Å². The van der Waals surface area contributed by atoms with Gasteiger partial charge in [0.1, 0.15) is 6.04 Å². The molecule has 0 spiro atoms. The summed E-state index contributed by atoms with van der Waals surface area (Å²) in [7, 11) is 0. The smallest absolute Gasteiger partial charge is 0.262 e. The second-order valence-corrected chi connectivity index (χ2v) is 6.75. The first-order valence-electron chi connectivity index (χ1n) is 7.97. The highest BCUT2D eigenvalue weighted by atomic mass is 32.2. The van der Waals surface area contributed by atoms with E-state index in [9.17, 15) is 14.4 Å². The van der Waals surface area contributed by atoms with Crippen LogP contribution in [0, 0.1) is 0 Å². The van der Waals surface area contributed by atoms with Gasteiger partial charge in [0.15, 0.2) is 0 Å². The summed E-state index contributed by atoms with van der Waals surface area (Å²) in [6.45, 7) is 1.97. The summed E-state index contributed by atoms with van der Waals surface area (Å²) in [4.78, 5) is 41.2. The minimum atomic E-state index is -0.747. The second-order valence-electron chi connectivity index (χ2n) is 5.76. The van der Waals surface area contributed by atoms with Crippen LogP contribution >= 0.6 is 11.8 Å². The van der Waals surface area contributed by atoms with Gasteiger partial charge in [-0.3, -0.25) is 19.3 Å². The third-order valence-electron chi connectivity index (χ3n) is 4.34. The zero-order valence-corrected chi connectivity index (χ0v) is 14.4. The Kier molecular flexibility index (Phi) is 5.20. The molecule has 2 heterocycles. The lowest BCUT2D eigenvalue weighted by atomic mass is 10.1. The molecule has 2 aliphatic rings. The van der Waals surface area contributed by atoms with Crippen molar-refractivity contribution in [2.45, 2.75) is 12.5 Å². The molecule has 7 heteroatoms. The average Bonchev–Trinajstić information content (AvgIpc) is 2.88. The van der Waals surface area contributed by atoms with Crippen molar-refractivity contribution >= 4 is 29.5 Å². The normalized spacial score (nSPS) is 18.7. The number of carbonyl (C=O) groups excluding carboxylic acids is 3. The van der Waals surface area contributed by atoms with Crippen molar-refractivity contribution in [1.29, 1.82) is 0 Å². The van der Waals surface area contributed by atoms with Gasteiger partial charge < -0.3 is 9.64 Å². The summed E-state index contributed by atoms with van der Waals surface area (Å²) in [6, 6.07) is 5.99. The van der Waals surface area contributed by atoms with E-state index in [1.165, 1.54) is 0 Å². The van der Waals surface area contributed by atoms with Crippen LogP contribution in [0.5, 0.6) is 0 Å². The largest absolute Gasteiger partial charge is 0.378 e. The highest BCUT2D eigenvalue weighted by Gasteiger charge is 2.43. The maximum Gasteiger partial charge on any atom is 0.262 e. The lowest BCUT2D eigenvalue weighted by Crippen LogP contribution is -2.53. The van der Waals surface area contributed by atoms with E-state index in [4.69, 9.17) is 4.74 Å². The van der Waals surface area contributed by atoms with Crippen LogP contribution in [0.1, 0.15) is 27.1 Å². The van der Waals surface area contributed by atoms with Gasteiger partial charge in [-0.05, 0) is 30.6 Å². The van der Waals surface area contributed by atoms with Crippen molar-refractivity contribution in [2.75, 3.05) is 38.3 Å². The molecule has 1 unspecified atom stereocenters. The number of hydrogen-bond donors (Lipinski definition) is 0. The molecule has 1 aromatic rings. The standard InChI is InChI=1S/C17H20N2O4S/c1-24-11-6-14(17(22)18-7-9-23-10-8-18)19-15(20)12-4-2-3-5-13(12)16(19)21/h2-5,14H,6-11H2,1H3. The van der Waals surface area contributed by atoms with Crippen LogP contribution in [0.4, 0.5) is 0 Å². The van der Waals surface area contributed by atoms with E-state index in [1.807, 2.05) is 6.26 Å². The first kappa shape index (κ1) is 17.0. The van der Waals surface area contributed by atoms with Gasteiger partial charge in [0.25, 0.3) is 11.8 Å². The first-order valence-corrected chi connectivity index (χ1v) is 9.37. The monoisotopic (exact) mass is 348 g/mol. The Bertz CT molecular complexity index is 623.